The van der Waals surface area contributed by atoms with Crippen LogP contribution >= 0.6 is 0 Å². The summed E-state index contributed by atoms with van der Waals surface area (Å²) in [4.78, 5) is 27.5. The number of para-hydroxylation sites is 1. The van der Waals surface area contributed by atoms with Crippen LogP contribution in [0.25, 0.3) is 11.0 Å². The average Bonchev–Trinajstić information content (AvgIpc) is 2.80. The lowest BCUT2D eigenvalue weighted by Crippen LogP contribution is -2.43. The first kappa shape index (κ1) is 21.3. The van der Waals surface area contributed by atoms with E-state index in [9.17, 15) is 9.59 Å². The molecular weight excluding hydrogens is 392 g/mol. The van der Waals surface area contributed by atoms with Gasteiger partial charge in [-0.2, -0.15) is 0 Å². The van der Waals surface area contributed by atoms with Crippen LogP contribution in [0.1, 0.15) is 47.5 Å². The number of rotatable bonds is 6. The van der Waals surface area contributed by atoms with Crippen molar-refractivity contribution in [3.63, 3.8) is 0 Å². The van der Waals surface area contributed by atoms with Crippen molar-refractivity contribution >= 4 is 16.9 Å². The Morgan fingerprint density at radius 3 is 2.42 bits per heavy atom. The lowest BCUT2D eigenvalue weighted by molar-refractivity contribution is 0.0161. The van der Waals surface area contributed by atoms with E-state index in [4.69, 9.17) is 9.15 Å². The number of ether oxygens (including phenoxy) is 1. The predicted molar refractivity (Wildman–Crippen MR) is 120 cm³/mol. The summed E-state index contributed by atoms with van der Waals surface area (Å²) >= 11 is 0. The van der Waals surface area contributed by atoms with E-state index in [0.29, 0.717) is 36.6 Å². The SMILES string of the molecule is CC(C)c1ccc(C(CNC(=O)c2cc(=O)c3ccccc3o2)N2CCOCC2)cc1. The van der Waals surface area contributed by atoms with Crippen molar-refractivity contribution in [1.29, 1.82) is 0 Å². The first-order chi connectivity index (χ1) is 15.0. The number of carbonyl (C=O) groups is 1. The average molecular weight is 421 g/mol. The van der Waals surface area contributed by atoms with Crippen molar-refractivity contribution in [3.8, 4) is 0 Å². The summed E-state index contributed by atoms with van der Waals surface area (Å²) in [5.74, 6) is 0.103. The highest BCUT2D eigenvalue weighted by atomic mass is 16.5. The van der Waals surface area contributed by atoms with Gasteiger partial charge < -0.3 is 14.5 Å². The van der Waals surface area contributed by atoms with Crippen molar-refractivity contribution in [1.82, 2.24) is 10.2 Å². The summed E-state index contributed by atoms with van der Waals surface area (Å²) in [7, 11) is 0. The van der Waals surface area contributed by atoms with E-state index in [0.717, 1.165) is 18.7 Å². The number of hydrogen-bond acceptors (Lipinski definition) is 5. The van der Waals surface area contributed by atoms with Gasteiger partial charge in [0, 0.05) is 25.7 Å². The van der Waals surface area contributed by atoms with Crippen LogP contribution in [0, 0.1) is 0 Å². The molecular formula is C25H28N2O4. The van der Waals surface area contributed by atoms with E-state index in [1.807, 2.05) is 0 Å². The number of nitrogens with one attached hydrogen (secondary N) is 1. The number of fused-ring (bicyclic) bond motifs is 1. The van der Waals surface area contributed by atoms with Gasteiger partial charge in [-0.05, 0) is 29.2 Å². The van der Waals surface area contributed by atoms with E-state index < -0.39 is 0 Å². The predicted octanol–water partition coefficient (Wildman–Crippen LogP) is 3.72. The topological polar surface area (TPSA) is 71.8 Å². The minimum Gasteiger partial charge on any atom is -0.451 e. The molecule has 162 valence electrons. The van der Waals surface area contributed by atoms with Gasteiger partial charge >= 0.3 is 0 Å². The van der Waals surface area contributed by atoms with Gasteiger partial charge in [0.1, 0.15) is 5.58 Å². The van der Waals surface area contributed by atoms with Gasteiger partial charge in [-0.3, -0.25) is 14.5 Å². The van der Waals surface area contributed by atoms with Crippen molar-refractivity contribution in [3.05, 3.63) is 81.7 Å². The largest absolute Gasteiger partial charge is 0.451 e. The molecule has 0 aliphatic carbocycles. The van der Waals surface area contributed by atoms with E-state index in [2.05, 4.69) is 48.3 Å². The highest BCUT2D eigenvalue weighted by molar-refractivity contribution is 5.93. The third kappa shape index (κ3) is 4.86. The smallest absolute Gasteiger partial charge is 0.287 e. The second-order valence-electron chi connectivity index (χ2n) is 8.17. The zero-order valence-corrected chi connectivity index (χ0v) is 18.0. The molecule has 1 aliphatic rings. The lowest BCUT2D eigenvalue weighted by atomic mass is 9.98. The van der Waals surface area contributed by atoms with Gasteiger partial charge in [0.2, 0.25) is 0 Å². The maximum Gasteiger partial charge on any atom is 0.287 e. The first-order valence-electron chi connectivity index (χ1n) is 10.8. The molecule has 6 nitrogen and oxygen atoms in total. The highest BCUT2D eigenvalue weighted by Gasteiger charge is 2.24. The summed E-state index contributed by atoms with van der Waals surface area (Å²) in [6.07, 6.45) is 0. The second-order valence-corrected chi connectivity index (χ2v) is 8.17. The number of amides is 1. The minimum absolute atomic E-state index is 0.0150. The molecule has 1 fully saturated rings. The number of hydrogen-bond donors (Lipinski definition) is 1. The van der Waals surface area contributed by atoms with Gasteiger partial charge in [-0.1, -0.05) is 50.2 Å². The van der Waals surface area contributed by atoms with Gasteiger partial charge in [0.15, 0.2) is 11.2 Å². The molecule has 1 aromatic heterocycles. The Kier molecular flexibility index (Phi) is 6.49. The number of carbonyl (C=O) groups excluding carboxylic acids is 1. The Morgan fingerprint density at radius 1 is 1.03 bits per heavy atom. The summed E-state index contributed by atoms with van der Waals surface area (Å²) in [5, 5.41) is 3.44. The molecule has 1 unspecified atom stereocenters. The summed E-state index contributed by atoms with van der Waals surface area (Å²) in [5.41, 5.74) is 2.62. The van der Waals surface area contributed by atoms with E-state index in [1.54, 1.807) is 24.3 Å². The Bertz CT molecular complexity index is 1100. The number of benzene rings is 2. The van der Waals surface area contributed by atoms with Gasteiger partial charge in [-0.15, -0.1) is 0 Å². The molecule has 1 N–H and O–H groups in total. The van der Waals surface area contributed by atoms with Gasteiger partial charge in [0.05, 0.1) is 24.6 Å². The third-order valence-corrected chi connectivity index (χ3v) is 5.79. The third-order valence-electron chi connectivity index (χ3n) is 5.79. The van der Waals surface area contributed by atoms with E-state index in [1.165, 1.54) is 11.6 Å². The van der Waals surface area contributed by atoms with Crippen LogP contribution < -0.4 is 10.7 Å². The maximum atomic E-state index is 12.8. The molecule has 0 radical (unpaired) electrons. The van der Waals surface area contributed by atoms with Crippen LogP contribution in [0.5, 0.6) is 0 Å². The molecule has 2 heterocycles. The first-order valence-corrected chi connectivity index (χ1v) is 10.8. The standard InChI is InChI=1S/C25H28N2O4/c1-17(2)18-7-9-19(10-8-18)21(27-11-13-30-14-12-27)16-26-25(29)24-15-22(28)20-5-3-4-6-23(20)31-24/h3-10,15,17,21H,11-14,16H2,1-2H3,(H,26,29). The molecule has 3 aromatic rings. The Morgan fingerprint density at radius 2 is 1.71 bits per heavy atom. The molecule has 1 aliphatic heterocycles. The van der Waals surface area contributed by atoms with Crippen LogP contribution in [0.2, 0.25) is 0 Å². The highest BCUT2D eigenvalue weighted by Crippen LogP contribution is 2.24. The van der Waals surface area contributed by atoms with Crippen LogP contribution in [-0.4, -0.2) is 43.7 Å². The fourth-order valence-corrected chi connectivity index (χ4v) is 3.94. The van der Waals surface area contributed by atoms with Crippen LogP contribution in [0.3, 0.4) is 0 Å². The van der Waals surface area contributed by atoms with Crippen LogP contribution in [0.15, 0.2) is 63.8 Å². The molecule has 1 saturated heterocycles. The molecule has 1 amide bonds. The minimum atomic E-state index is -0.389. The maximum absolute atomic E-state index is 12.8. The molecule has 1 atom stereocenters. The van der Waals surface area contributed by atoms with Crippen molar-refractivity contribution < 1.29 is 13.9 Å². The fraction of sp³-hybridized carbons (Fsp3) is 0.360. The monoisotopic (exact) mass is 420 g/mol. The Balaban J connectivity index is 1.54. The zero-order valence-electron chi connectivity index (χ0n) is 18.0. The van der Waals surface area contributed by atoms with Gasteiger partial charge in [-0.25, -0.2) is 0 Å². The molecule has 0 bridgehead atoms. The number of morpholine rings is 1. The molecule has 0 saturated carbocycles. The number of nitrogens with zero attached hydrogens (tertiary/aromatic N) is 1. The van der Waals surface area contributed by atoms with Crippen molar-refractivity contribution in [2.75, 3.05) is 32.8 Å². The lowest BCUT2D eigenvalue weighted by Gasteiger charge is -2.35. The molecule has 2 aromatic carbocycles. The van der Waals surface area contributed by atoms with E-state index >= 15 is 0 Å². The molecule has 4 rings (SSSR count). The Hall–Kier alpha value is -2.96. The normalized spacial score (nSPS) is 15.8. The van der Waals surface area contributed by atoms with Crippen LogP contribution in [-0.2, 0) is 4.74 Å². The zero-order chi connectivity index (χ0) is 21.8. The Labute approximate surface area is 181 Å². The van der Waals surface area contributed by atoms with E-state index in [-0.39, 0.29) is 23.1 Å². The molecule has 31 heavy (non-hydrogen) atoms. The van der Waals surface area contributed by atoms with Gasteiger partial charge in [0.25, 0.3) is 5.91 Å². The molecule has 0 spiro atoms. The summed E-state index contributed by atoms with van der Waals surface area (Å²) < 4.78 is 11.2. The fourth-order valence-electron chi connectivity index (χ4n) is 3.94. The quantitative estimate of drug-likeness (QED) is 0.658. The summed E-state index contributed by atoms with van der Waals surface area (Å²) in [6.45, 7) is 7.71. The summed E-state index contributed by atoms with van der Waals surface area (Å²) in [6, 6.07) is 16.8. The molecule has 6 heteroatoms. The second kappa shape index (κ2) is 9.45. The van der Waals surface area contributed by atoms with Crippen molar-refractivity contribution in [2.24, 2.45) is 0 Å². The van der Waals surface area contributed by atoms with Crippen molar-refractivity contribution in [2.45, 2.75) is 25.8 Å². The van der Waals surface area contributed by atoms with Crippen LogP contribution in [0.4, 0.5) is 0 Å².